The number of hydrogen-bond donors (Lipinski definition) is 1. The Labute approximate surface area is 129 Å². The van der Waals surface area contributed by atoms with Crippen molar-refractivity contribution in [3.05, 3.63) is 65.5 Å². The topological polar surface area (TPSA) is 38.3 Å². The number of carbonyl (C=O) groups is 1. The number of benzene rings is 2. The standard InChI is InChI=1S/C18H18FNO2/c1-22-12-13-3-2-4-16(11-13)20-17(21)18(9-10-18)14-5-7-15(19)8-6-14/h2-8,11H,9-10,12H2,1H3,(H,20,21). The summed E-state index contributed by atoms with van der Waals surface area (Å²) in [5.41, 5.74) is 2.13. The van der Waals surface area contributed by atoms with Crippen LogP contribution in [0, 0.1) is 5.82 Å². The monoisotopic (exact) mass is 299 g/mol. The smallest absolute Gasteiger partial charge is 0.235 e. The van der Waals surface area contributed by atoms with Gasteiger partial charge in [0.1, 0.15) is 5.82 Å². The van der Waals surface area contributed by atoms with Crippen LogP contribution in [-0.4, -0.2) is 13.0 Å². The first kappa shape index (κ1) is 14.7. The molecule has 3 rings (SSSR count). The van der Waals surface area contributed by atoms with Crippen molar-refractivity contribution in [3.63, 3.8) is 0 Å². The summed E-state index contributed by atoms with van der Waals surface area (Å²) < 4.78 is 18.1. The molecule has 0 aliphatic heterocycles. The van der Waals surface area contributed by atoms with Crippen molar-refractivity contribution in [1.82, 2.24) is 0 Å². The van der Waals surface area contributed by atoms with Crippen molar-refractivity contribution in [2.45, 2.75) is 24.9 Å². The largest absolute Gasteiger partial charge is 0.380 e. The second kappa shape index (κ2) is 5.89. The van der Waals surface area contributed by atoms with E-state index in [9.17, 15) is 9.18 Å². The minimum absolute atomic E-state index is 0.0336. The van der Waals surface area contributed by atoms with Gasteiger partial charge in [0.15, 0.2) is 0 Å². The van der Waals surface area contributed by atoms with Crippen LogP contribution in [0.4, 0.5) is 10.1 Å². The lowest BCUT2D eigenvalue weighted by molar-refractivity contribution is -0.118. The number of ether oxygens (including phenoxy) is 1. The molecule has 3 nitrogen and oxygen atoms in total. The van der Waals surface area contributed by atoms with Crippen LogP contribution in [0.5, 0.6) is 0 Å². The molecule has 1 aliphatic carbocycles. The van der Waals surface area contributed by atoms with Gasteiger partial charge in [0.05, 0.1) is 12.0 Å². The molecule has 0 bridgehead atoms. The van der Waals surface area contributed by atoms with Gasteiger partial charge in [-0.3, -0.25) is 4.79 Å². The van der Waals surface area contributed by atoms with E-state index in [1.165, 1.54) is 12.1 Å². The highest BCUT2D eigenvalue weighted by molar-refractivity contribution is 6.01. The lowest BCUT2D eigenvalue weighted by atomic mass is 9.95. The number of carbonyl (C=O) groups excluding carboxylic acids is 1. The van der Waals surface area contributed by atoms with E-state index in [2.05, 4.69) is 5.32 Å². The highest BCUT2D eigenvalue weighted by Gasteiger charge is 2.51. The third kappa shape index (κ3) is 2.88. The van der Waals surface area contributed by atoms with Crippen molar-refractivity contribution in [2.75, 3.05) is 12.4 Å². The SMILES string of the molecule is COCc1cccc(NC(=O)C2(c3ccc(F)cc3)CC2)c1. The normalized spacial score (nSPS) is 15.4. The third-order valence-electron chi connectivity index (χ3n) is 4.08. The van der Waals surface area contributed by atoms with Gasteiger partial charge in [-0.15, -0.1) is 0 Å². The summed E-state index contributed by atoms with van der Waals surface area (Å²) >= 11 is 0. The Morgan fingerprint density at radius 3 is 2.59 bits per heavy atom. The summed E-state index contributed by atoms with van der Waals surface area (Å²) in [4.78, 5) is 12.6. The Bertz CT molecular complexity index is 678. The molecule has 2 aromatic rings. The molecule has 2 aromatic carbocycles. The molecule has 1 saturated carbocycles. The maximum absolute atomic E-state index is 13.0. The first-order chi connectivity index (χ1) is 10.6. The van der Waals surface area contributed by atoms with Crippen LogP contribution < -0.4 is 5.32 Å². The molecule has 0 unspecified atom stereocenters. The second-order valence-corrected chi connectivity index (χ2v) is 5.68. The number of hydrogen-bond acceptors (Lipinski definition) is 2. The van der Waals surface area contributed by atoms with E-state index in [4.69, 9.17) is 4.74 Å². The van der Waals surface area contributed by atoms with Crippen molar-refractivity contribution >= 4 is 11.6 Å². The number of halogens is 1. The van der Waals surface area contributed by atoms with E-state index < -0.39 is 5.41 Å². The first-order valence-electron chi connectivity index (χ1n) is 7.29. The number of rotatable bonds is 5. The molecule has 4 heteroatoms. The zero-order chi connectivity index (χ0) is 15.6. The average molecular weight is 299 g/mol. The fourth-order valence-electron chi connectivity index (χ4n) is 2.70. The predicted octanol–water partition coefficient (Wildman–Crippen LogP) is 3.64. The summed E-state index contributed by atoms with van der Waals surface area (Å²) in [7, 11) is 1.64. The van der Waals surface area contributed by atoms with Gasteiger partial charge in [-0.25, -0.2) is 4.39 Å². The van der Waals surface area contributed by atoms with Crippen molar-refractivity contribution in [2.24, 2.45) is 0 Å². The Morgan fingerprint density at radius 1 is 1.23 bits per heavy atom. The number of anilines is 1. The molecule has 0 saturated heterocycles. The molecule has 0 atom stereocenters. The second-order valence-electron chi connectivity index (χ2n) is 5.68. The van der Waals surface area contributed by atoms with Gasteiger partial charge < -0.3 is 10.1 Å². The molecule has 0 heterocycles. The maximum atomic E-state index is 13.0. The van der Waals surface area contributed by atoms with E-state index >= 15 is 0 Å². The average Bonchev–Trinajstić information content (AvgIpc) is 3.30. The fraction of sp³-hybridized carbons (Fsp3) is 0.278. The molecule has 1 fully saturated rings. The number of methoxy groups -OCH3 is 1. The molecule has 0 radical (unpaired) electrons. The highest BCUT2D eigenvalue weighted by Crippen LogP contribution is 2.49. The summed E-state index contributed by atoms with van der Waals surface area (Å²) in [6.07, 6.45) is 1.59. The molecular formula is C18H18FNO2. The summed E-state index contributed by atoms with van der Waals surface area (Å²) in [5, 5.41) is 2.97. The van der Waals surface area contributed by atoms with Crippen molar-refractivity contribution in [3.8, 4) is 0 Å². The van der Waals surface area contributed by atoms with Gasteiger partial charge in [0.2, 0.25) is 5.91 Å². The van der Waals surface area contributed by atoms with Crippen LogP contribution >= 0.6 is 0 Å². The zero-order valence-corrected chi connectivity index (χ0v) is 12.4. The van der Waals surface area contributed by atoms with E-state index in [0.717, 1.165) is 29.7 Å². The van der Waals surface area contributed by atoms with E-state index in [-0.39, 0.29) is 11.7 Å². The van der Waals surface area contributed by atoms with Crippen LogP contribution in [0.3, 0.4) is 0 Å². The molecule has 0 spiro atoms. The first-order valence-corrected chi connectivity index (χ1v) is 7.29. The van der Waals surface area contributed by atoms with Crippen LogP contribution in [0.2, 0.25) is 0 Å². The zero-order valence-electron chi connectivity index (χ0n) is 12.4. The Hall–Kier alpha value is -2.20. The number of nitrogens with one attached hydrogen (secondary N) is 1. The summed E-state index contributed by atoms with van der Waals surface area (Å²) in [6, 6.07) is 13.8. The quantitative estimate of drug-likeness (QED) is 0.915. The fourth-order valence-corrected chi connectivity index (χ4v) is 2.70. The van der Waals surface area contributed by atoms with Gasteiger partial charge >= 0.3 is 0 Å². The minimum atomic E-state index is -0.509. The van der Waals surface area contributed by atoms with Crippen molar-refractivity contribution in [1.29, 1.82) is 0 Å². The van der Waals surface area contributed by atoms with Crippen LogP contribution in [-0.2, 0) is 21.6 Å². The van der Waals surface area contributed by atoms with Gasteiger partial charge in [-0.05, 0) is 48.2 Å². The Kier molecular flexibility index (Phi) is 3.94. The number of amides is 1. The summed E-state index contributed by atoms with van der Waals surface area (Å²) in [5.74, 6) is -0.319. The Morgan fingerprint density at radius 2 is 1.95 bits per heavy atom. The third-order valence-corrected chi connectivity index (χ3v) is 4.08. The van der Waals surface area contributed by atoms with Gasteiger partial charge in [0.25, 0.3) is 0 Å². The molecule has 0 aromatic heterocycles. The highest BCUT2D eigenvalue weighted by atomic mass is 19.1. The van der Waals surface area contributed by atoms with Crippen LogP contribution in [0.15, 0.2) is 48.5 Å². The molecule has 114 valence electrons. The minimum Gasteiger partial charge on any atom is -0.380 e. The molecule has 1 amide bonds. The van der Waals surface area contributed by atoms with Gasteiger partial charge in [-0.2, -0.15) is 0 Å². The van der Waals surface area contributed by atoms with Crippen LogP contribution in [0.1, 0.15) is 24.0 Å². The Balaban J connectivity index is 1.77. The van der Waals surface area contributed by atoms with E-state index in [0.29, 0.717) is 6.61 Å². The lowest BCUT2D eigenvalue weighted by Gasteiger charge is -2.16. The van der Waals surface area contributed by atoms with Gasteiger partial charge in [-0.1, -0.05) is 24.3 Å². The van der Waals surface area contributed by atoms with E-state index in [1.54, 1.807) is 19.2 Å². The van der Waals surface area contributed by atoms with Crippen molar-refractivity contribution < 1.29 is 13.9 Å². The van der Waals surface area contributed by atoms with E-state index in [1.807, 2.05) is 24.3 Å². The molecular weight excluding hydrogens is 281 g/mol. The molecule has 1 aliphatic rings. The van der Waals surface area contributed by atoms with Gasteiger partial charge in [0, 0.05) is 12.8 Å². The predicted molar refractivity (Wildman–Crippen MR) is 83.1 cm³/mol. The molecule has 22 heavy (non-hydrogen) atoms. The van der Waals surface area contributed by atoms with Crippen LogP contribution in [0.25, 0.3) is 0 Å². The lowest BCUT2D eigenvalue weighted by Crippen LogP contribution is -2.27. The molecule has 1 N–H and O–H groups in total. The maximum Gasteiger partial charge on any atom is 0.235 e. The summed E-state index contributed by atoms with van der Waals surface area (Å²) in [6.45, 7) is 0.507.